The molecule has 2 heterocycles. The van der Waals surface area contributed by atoms with Crippen molar-refractivity contribution in [3.8, 4) is 17.2 Å². The van der Waals surface area contributed by atoms with Gasteiger partial charge in [0.05, 0.1) is 26.4 Å². The molecule has 0 bridgehead atoms. The van der Waals surface area contributed by atoms with Crippen molar-refractivity contribution in [3.05, 3.63) is 46.4 Å². The maximum absolute atomic E-state index is 13.5. The van der Waals surface area contributed by atoms with Crippen LogP contribution >= 0.6 is 15.9 Å². The minimum Gasteiger partial charge on any atom is -0.495 e. The van der Waals surface area contributed by atoms with E-state index in [2.05, 4.69) is 15.9 Å². The Morgan fingerprint density at radius 3 is 2.64 bits per heavy atom. The SMILES string of the molecule is COc1ccc(Br)cc1S(=O)(=O)N1CCC[C@H]1c1ccc2c(c1)OCCCO2. The number of rotatable bonds is 4. The van der Waals surface area contributed by atoms with Gasteiger partial charge in [-0.05, 0) is 48.7 Å². The number of hydrogen-bond donors (Lipinski definition) is 0. The Morgan fingerprint density at radius 1 is 1.07 bits per heavy atom. The van der Waals surface area contributed by atoms with Gasteiger partial charge in [-0.15, -0.1) is 0 Å². The number of fused-ring (bicyclic) bond motifs is 1. The van der Waals surface area contributed by atoms with Crippen molar-refractivity contribution in [1.29, 1.82) is 0 Å². The molecule has 0 amide bonds. The number of ether oxygens (including phenoxy) is 3. The summed E-state index contributed by atoms with van der Waals surface area (Å²) >= 11 is 3.37. The Hall–Kier alpha value is -1.77. The largest absolute Gasteiger partial charge is 0.495 e. The van der Waals surface area contributed by atoms with Crippen LogP contribution in [-0.2, 0) is 10.0 Å². The van der Waals surface area contributed by atoms with E-state index in [1.807, 2.05) is 18.2 Å². The summed E-state index contributed by atoms with van der Waals surface area (Å²) in [7, 11) is -2.24. The van der Waals surface area contributed by atoms with Crippen molar-refractivity contribution < 1.29 is 22.6 Å². The van der Waals surface area contributed by atoms with Crippen molar-refractivity contribution in [3.63, 3.8) is 0 Å². The van der Waals surface area contributed by atoms with E-state index in [9.17, 15) is 8.42 Å². The number of nitrogens with zero attached hydrogens (tertiary/aromatic N) is 1. The van der Waals surface area contributed by atoms with Crippen molar-refractivity contribution in [2.75, 3.05) is 26.9 Å². The van der Waals surface area contributed by atoms with Crippen LogP contribution in [0.3, 0.4) is 0 Å². The third-order valence-corrected chi connectivity index (χ3v) is 7.49. The molecule has 0 spiro atoms. The van der Waals surface area contributed by atoms with E-state index in [1.165, 1.54) is 7.11 Å². The first-order valence-corrected chi connectivity index (χ1v) is 11.5. The van der Waals surface area contributed by atoms with Crippen LogP contribution < -0.4 is 14.2 Å². The minimum atomic E-state index is -3.72. The summed E-state index contributed by atoms with van der Waals surface area (Å²) in [6, 6.07) is 10.5. The van der Waals surface area contributed by atoms with Gasteiger partial charge in [-0.2, -0.15) is 4.31 Å². The maximum Gasteiger partial charge on any atom is 0.247 e. The summed E-state index contributed by atoms with van der Waals surface area (Å²) in [5.74, 6) is 1.73. The van der Waals surface area contributed by atoms with E-state index in [4.69, 9.17) is 14.2 Å². The molecule has 0 N–H and O–H groups in total. The fourth-order valence-corrected chi connectivity index (χ4v) is 6.10. The molecule has 28 heavy (non-hydrogen) atoms. The lowest BCUT2D eigenvalue weighted by Crippen LogP contribution is -2.31. The summed E-state index contributed by atoms with van der Waals surface area (Å²) in [6.45, 7) is 1.69. The smallest absolute Gasteiger partial charge is 0.247 e. The lowest BCUT2D eigenvalue weighted by molar-refractivity contribution is 0.296. The molecule has 1 saturated heterocycles. The van der Waals surface area contributed by atoms with Crippen molar-refractivity contribution >= 4 is 26.0 Å². The zero-order valence-corrected chi connectivity index (χ0v) is 18.0. The summed E-state index contributed by atoms with van der Waals surface area (Å²) in [4.78, 5) is 0.172. The fourth-order valence-electron chi connectivity index (χ4n) is 3.73. The highest BCUT2D eigenvalue weighted by Gasteiger charge is 2.38. The van der Waals surface area contributed by atoms with Crippen molar-refractivity contribution in [2.45, 2.75) is 30.2 Å². The molecule has 150 valence electrons. The van der Waals surface area contributed by atoms with Gasteiger partial charge < -0.3 is 14.2 Å². The summed E-state index contributed by atoms with van der Waals surface area (Å²) in [5, 5.41) is 0. The van der Waals surface area contributed by atoms with Crippen LogP contribution in [0, 0.1) is 0 Å². The monoisotopic (exact) mass is 467 g/mol. The number of sulfonamides is 1. The Bertz CT molecular complexity index is 979. The van der Waals surface area contributed by atoms with Crippen LogP contribution in [0.4, 0.5) is 0 Å². The normalized spacial score (nSPS) is 20.0. The average Bonchev–Trinajstić information content (AvgIpc) is 3.08. The maximum atomic E-state index is 13.5. The molecule has 0 aromatic heterocycles. The molecule has 2 aromatic rings. The molecular weight excluding hydrogens is 446 g/mol. The quantitative estimate of drug-likeness (QED) is 0.675. The molecule has 2 aliphatic heterocycles. The van der Waals surface area contributed by atoms with Gasteiger partial charge in [0.1, 0.15) is 10.6 Å². The van der Waals surface area contributed by atoms with Gasteiger partial charge in [0.15, 0.2) is 11.5 Å². The summed E-state index contributed by atoms with van der Waals surface area (Å²) in [5.41, 5.74) is 0.916. The Kier molecular flexibility index (Phi) is 5.53. The van der Waals surface area contributed by atoms with Crippen LogP contribution in [0.15, 0.2) is 45.8 Å². The molecule has 0 aliphatic carbocycles. The first-order chi connectivity index (χ1) is 13.5. The van der Waals surface area contributed by atoms with Gasteiger partial charge in [-0.1, -0.05) is 22.0 Å². The van der Waals surface area contributed by atoms with Gasteiger partial charge in [0.25, 0.3) is 0 Å². The van der Waals surface area contributed by atoms with E-state index < -0.39 is 10.0 Å². The standard InChI is InChI=1S/C20H22BrNO5S/c1-25-18-8-6-15(21)13-20(18)28(23,24)22-9-2-4-16(22)14-5-7-17-19(12-14)27-11-3-10-26-17/h5-8,12-13,16H,2-4,9-11H2,1H3/t16-/m0/s1. The van der Waals surface area contributed by atoms with Crippen molar-refractivity contribution in [1.82, 2.24) is 4.31 Å². The molecule has 2 aromatic carbocycles. The fraction of sp³-hybridized carbons (Fsp3) is 0.400. The van der Waals surface area contributed by atoms with Crippen LogP contribution in [-0.4, -0.2) is 39.6 Å². The zero-order chi connectivity index (χ0) is 19.7. The third kappa shape index (κ3) is 3.60. The minimum absolute atomic E-state index is 0.172. The highest BCUT2D eigenvalue weighted by Crippen LogP contribution is 2.42. The lowest BCUT2D eigenvalue weighted by atomic mass is 10.0. The third-order valence-electron chi connectivity index (χ3n) is 5.07. The van der Waals surface area contributed by atoms with Crippen LogP contribution in [0.5, 0.6) is 17.2 Å². The molecule has 8 heteroatoms. The molecule has 4 rings (SSSR count). The van der Waals surface area contributed by atoms with E-state index in [1.54, 1.807) is 22.5 Å². The second kappa shape index (κ2) is 7.93. The average molecular weight is 468 g/mol. The second-order valence-corrected chi connectivity index (χ2v) is 9.60. The van der Waals surface area contributed by atoms with E-state index in [0.717, 1.165) is 24.8 Å². The number of methoxy groups -OCH3 is 1. The first kappa shape index (κ1) is 19.5. The second-order valence-electron chi connectivity index (χ2n) is 6.83. The van der Waals surface area contributed by atoms with Crippen LogP contribution in [0.2, 0.25) is 0 Å². The van der Waals surface area contributed by atoms with Gasteiger partial charge >= 0.3 is 0 Å². The highest BCUT2D eigenvalue weighted by atomic mass is 79.9. The van der Waals surface area contributed by atoms with Gasteiger partial charge in [-0.25, -0.2) is 8.42 Å². The molecule has 2 aliphatic rings. The van der Waals surface area contributed by atoms with Gasteiger partial charge in [0.2, 0.25) is 10.0 Å². The van der Waals surface area contributed by atoms with E-state index in [-0.39, 0.29) is 10.9 Å². The predicted octanol–water partition coefficient (Wildman–Crippen LogP) is 4.14. The van der Waals surface area contributed by atoms with Crippen molar-refractivity contribution in [2.24, 2.45) is 0 Å². The Labute approximate surface area is 173 Å². The molecule has 1 atom stereocenters. The number of hydrogen-bond acceptors (Lipinski definition) is 5. The molecule has 0 saturated carbocycles. The Balaban J connectivity index is 1.71. The molecule has 0 radical (unpaired) electrons. The molecule has 0 unspecified atom stereocenters. The van der Waals surface area contributed by atoms with Gasteiger partial charge in [0, 0.05) is 17.4 Å². The van der Waals surface area contributed by atoms with E-state index >= 15 is 0 Å². The molecule has 1 fully saturated rings. The Morgan fingerprint density at radius 2 is 1.86 bits per heavy atom. The highest BCUT2D eigenvalue weighted by molar-refractivity contribution is 9.10. The topological polar surface area (TPSA) is 65.1 Å². The molecule has 6 nitrogen and oxygen atoms in total. The number of benzene rings is 2. The van der Waals surface area contributed by atoms with E-state index in [0.29, 0.717) is 41.5 Å². The number of halogens is 1. The lowest BCUT2D eigenvalue weighted by Gasteiger charge is -2.26. The predicted molar refractivity (Wildman–Crippen MR) is 109 cm³/mol. The summed E-state index contributed by atoms with van der Waals surface area (Å²) < 4.78 is 46.0. The van der Waals surface area contributed by atoms with Gasteiger partial charge in [-0.3, -0.25) is 0 Å². The first-order valence-electron chi connectivity index (χ1n) is 9.25. The van der Waals surface area contributed by atoms with Crippen LogP contribution in [0.1, 0.15) is 30.9 Å². The molecular formula is C20H22BrNO5S. The summed E-state index contributed by atoms with van der Waals surface area (Å²) in [6.07, 6.45) is 2.39. The zero-order valence-electron chi connectivity index (χ0n) is 15.6. The van der Waals surface area contributed by atoms with Crippen LogP contribution in [0.25, 0.3) is 0 Å².